The van der Waals surface area contributed by atoms with Crippen molar-refractivity contribution in [3.63, 3.8) is 0 Å². The molecule has 2 aliphatic rings. The van der Waals surface area contributed by atoms with Crippen molar-refractivity contribution in [2.24, 2.45) is 0 Å². The lowest BCUT2D eigenvalue weighted by Crippen LogP contribution is -2.44. The quantitative estimate of drug-likeness (QED) is 0.606. The number of ether oxygens (including phenoxy) is 1. The van der Waals surface area contributed by atoms with E-state index < -0.39 is 0 Å². The number of rotatable bonds is 5. The third-order valence-electron chi connectivity index (χ3n) is 5.69. The number of anilines is 3. The van der Waals surface area contributed by atoms with E-state index in [1.165, 1.54) is 11.5 Å². The van der Waals surface area contributed by atoms with Gasteiger partial charge in [-0.2, -0.15) is 14.3 Å². The Morgan fingerprint density at radius 1 is 1.09 bits per heavy atom. The predicted molar refractivity (Wildman–Crippen MR) is 126 cm³/mol. The first-order valence-electron chi connectivity index (χ1n) is 10.6. The van der Waals surface area contributed by atoms with Gasteiger partial charge in [0.1, 0.15) is 16.6 Å². The molecule has 0 radical (unpaired) electrons. The Labute approximate surface area is 190 Å². The number of hydrogen-bond donors (Lipinski definition) is 1. The number of nitrogens with one attached hydrogen (secondary N) is 1. The molecule has 1 aliphatic carbocycles. The Kier molecular flexibility index (Phi) is 5.52. The van der Waals surface area contributed by atoms with E-state index >= 15 is 4.39 Å². The van der Waals surface area contributed by atoms with Crippen molar-refractivity contribution in [1.29, 1.82) is 0 Å². The third-order valence-corrected chi connectivity index (χ3v) is 6.49. The van der Waals surface area contributed by atoms with Crippen LogP contribution < -0.4 is 15.0 Å². The van der Waals surface area contributed by atoms with Crippen molar-refractivity contribution in [2.45, 2.75) is 20.3 Å². The van der Waals surface area contributed by atoms with E-state index in [-0.39, 0.29) is 17.6 Å². The molecule has 0 atom stereocenters. The molecule has 0 unspecified atom stereocenters. The van der Waals surface area contributed by atoms with Crippen LogP contribution in [0.1, 0.15) is 23.7 Å². The van der Waals surface area contributed by atoms with Crippen LogP contribution in [0.4, 0.5) is 21.0 Å². The van der Waals surface area contributed by atoms with Crippen LogP contribution in [-0.4, -0.2) is 52.5 Å². The van der Waals surface area contributed by atoms with Crippen LogP contribution in [0.5, 0.6) is 11.8 Å². The van der Waals surface area contributed by atoms with E-state index in [0.29, 0.717) is 11.4 Å². The zero-order valence-corrected chi connectivity index (χ0v) is 19.2. The van der Waals surface area contributed by atoms with Crippen molar-refractivity contribution in [1.82, 2.24) is 19.2 Å². The van der Waals surface area contributed by atoms with Crippen LogP contribution in [0.25, 0.3) is 6.08 Å². The lowest BCUT2D eigenvalue weighted by atomic mass is 10.1. The first-order chi connectivity index (χ1) is 15.4. The highest BCUT2D eigenvalue weighted by Crippen LogP contribution is 2.34. The molecule has 2 aromatic heterocycles. The van der Waals surface area contributed by atoms with Crippen LogP contribution in [0, 0.1) is 12.7 Å². The highest BCUT2D eigenvalue weighted by atomic mass is 32.1. The largest absolute Gasteiger partial charge is 0.421 e. The number of aryl methyl sites for hydroxylation is 1. The molecule has 1 aliphatic heterocycles. The fourth-order valence-corrected chi connectivity index (χ4v) is 4.64. The first kappa shape index (κ1) is 20.8. The molecule has 0 amide bonds. The second-order valence-corrected chi connectivity index (χ2v) is 9.17. The number of hydrogen-bond acceptors (Lipinski definition) is 8. The lowest BCUT2D eigenvalue weighted by Gasteiger charge is -2.33. The van der Waals surface area contributed by atoms with Gasteiger partial charge < -0.3 is 19.9 Å². The Balaban J connectivity index is 1.47. The Hall–Kier alpha value is -3.04. The van der Waals surface area contributed by atoms with Crippen molar-refractivity contribution >= 4 is 34.2 Å². The number of halogens is 1. The van der Waals surface area contributed by atoms with Gasteiger partial charge in [0.05, 0.1) is 5.69 Å². The maximum atomic E-state index is 15.1. The number of benzene rings is 1. The average Bonchev–Trinajstić information content (AvgIpc) is 3.35. The zero-order chi connectivity index (χ0) is 22.2. The van der Waals surface area contributed by atoms with Crippen LogP contribution >= 0.6 is 11.5 Å². The minimum atomic E-state index is -0.374. The molecule has 3 aromatic rings. The van der Waals surface area contributed by atoms with Crippen molar-refractivity contribution in [3.05, 3.63) is 52.5 Å². The summed E-state index contributed by atoms with van der Waals surface area (Å²) in [5.41, 5.74) is 3.64. The number of fused-ring (bicyclic) bond motifs is 1. The van der Waals surface area contributed by atoms with Crippen molar-refractivity contribution < 1.29 is 9.13 Å². The van der Waals surface area contributed by atoms with E-state index in [2.05, 4.69) is 36.5 Å². The second kappa shape index (κ2) is 8.48. The van der Waals surface area contributed by atoms with Gasteiger partial charge >= 0.3 is 6.01 Å². The number of piperazine rings is 1. The Bertz CT molecular complexity index is 1190. The summed E-state index contributed by atoms with van der Waals surface area (Å²) >= 11 is 1.36. The van der Waals surface area contributed by atoms with Crippen molar-refractivity contribution in [2.75, 3.05) is 43.4 Å². The zero-order valence-electron chi connectivity index (χ0n) is 18.4. The van der Waals surface area contributed by atoms with Gasteiger partial charge in [-0.05, 0) is 56.5 Å². The normalized spacial score (nSPS) is 16.1. The summed E-state index contributed by atoms with van der Waals surface area (Å²) in [6.07, 6.45) is 2.64. The highest BCUT2D eigenvalue weighted by molar-refractivity contribution is 7.10. The van der Waals surface area contributed by atoms with E-state index in [1.807, 2.05) is 38.1 Å². The van der Waals surface area contributed by atoms with E-state index in [1.54, 1.807) is 6.07 Å². The summed E-state index contributed by atoms with van der Waals surface area (Å²) in [4.78, 5) is 13.6. The molecule has 1 fully saturated rings. The SMILES string of the molecule is CC1=Cc2c(ccc(Oc3nc(Nc4cc(C)ns4)cc(N4CCN(C)CC4)n3)c2F)C1. The standard InChI is InChI=1S/C23H25FN6OS/c1-14-10-16-4-5-18(22(24)17(16)11-14)31-23-26-19(25-21-12-15(2)28-32-21)13-20(27-23)30-8-6-29(3)7-9-30/h4-5,11-13H,6-10H2,1-3H3,(H,25,26,27). The number of likely N-dealkylation sites (N-methyl/N-ethyl adjacent to an activating group) is 1. The maximum Gasteiger partial charge on any atom is 0.326 e. The minimum Gasteiger partial charge on any atom is -0.421 e. The second-order valence-electron chi connectivity index (χ2n) is 8.36. The lowest BCUT2D eigenvalue weighted by molar-refractivity contribution is 0.311. The molecule has 0 bridgehead atoms. The number of nitrogens with zero attached hydrogens (tertiary/aromatic N) is 5. The van der Waals surface area contributed by atoms with Gasteiger partial charge in [-0.3, -0.25) is 0 Å². The van der Waals surface area contributed by atoms with Gasteiger partial charge in [0.25, 0.3) is 0 Å². The van der Waals surface area contributed by atoms with Crippen LogP contribution in [0.15, 0.2) is 29.8 Å². The van der Waals surface area contributed by atoms with Crippen LogP contribution in [0.3, 0.4) is 0 Å². The number of aromatic nitrogens is 3. The van der Waals surface area contributed by atoms with Crippen molar-refractivity contribution in [3.8, 4) is 11.8 Å². The maximum absolute atomic E-state index is 15.1. The molecule has 9 heteroatoms. The molecule has 1 saturated heterocycles. The minimum absolute atomic E-state index is 0.114. The molecule has 0 saturated carbocycles. The molecule has 7 nitrogen and oxygen atoms in total. The average molecular weight is 453 g/mol. The fraction of sp³-hybridized carbons (Fsp3) is 0.348. The molecular weight excluding hydrogens is 427 g/mol. The molecule has 0 spiro atoms. The van der Waals surface area contributed by atoms with Crippen LogP contribution in [0.2, 0.25) is 0 Å². The highest BCUT2D eigenvalue weighted by Gasteiger charge is 2.21. The van der Waals surface area contributed by atoms with Gasteiger partial charge in [-0.1, -0.05) is 17.7 Å². The van der Waals surface area contributed by atoms with Gasteiger partial charge in [0, 0.05) is 37.8 Å². The Morgan fingerprint density at radius 2 is 1.91 bits per heavy atom. The summed E-state index contributed by atoms with van der Waals surface area (Å²) in [6, 6.07) is 7.54. The molecule has 1 N–H and O–H groups in total. The topological polar surface area (TPSA) is 66.4 Å². The summed E-state index contributed by atoms with van der Waals surface area (Å²) in [5.74, 6) is 1.10. The van der Waals surface area contributed by atoms with E-state index in [4.69, 9.17) is 4.74 Å². The van der Waals surface area contributed by atoms with Gasteiger partial charge in [-0.15, -0.1) is 0 Å². The summed E-state index contributed by atoms with van der Waals surface area (Å²) < 4.78 is 25.3. The summed E-state index contributed by atoms with van der Waals surface area (Å²) in [5, 5.41) is 4.16. The van der Waals surface area contributed by atoms with E-state index in [9.17, 15) is 0 Å². The summed E-state index contributed by atoms with van der Waals surface area (Å²) in [7, 11) is 2.11. The Morgan fingerprint density at radius 3 is 2.66 bits per heavy atom. The smallest absolute Gasteiger partial charge is 0.326 e. The molecular formula is C23H25FN6OS. The van der Waals surface area contributed by atoms with Crippen LogP contribution in [-0.2, 0) is 6.42 Å². The first-order valence-corrected chi connectivity index (χ1v) is 11.4. The molecule has 3 heterocycles. The fourth-order valence-electron chi connectivity index (χ4n) is 3.97. The molecule has 32 heavy (non-hydrogen) atoms. The van der Waals surface area contributed by atoms with Gasteiger partial charge in [0.15, 0.2) is 11.6 Å². The molecule has 1 aromatic carbocycles. The third kappa shape index (κ3) is 4.31. The van der Waals surface area contributed by atoms with Gasteiger partial charge in [0.2, 0.25) is 0 Å². The number of allylic oxidation sites excluding steroid dienone is 1. The monoisotopic (exact) mass is 452 g/mol. The molecule has 166 valence electrons. The van der Waals surface area contributed by atoms with Gasteiger partial charge in [-0.25, -0.2) is 4.39 Å². The summed E-state index contributed by atoms with van der Waals surface area (Å²) in [6.45, 7) is 7.54. The molecule has 5 rings (SSSR count). The predicted octanol–water partition coefficient (Wildman–Crippen LogP) is 4.63. The van der Waals surface area contributed by atoms with E-state index in [0.717, 1.165) is 60.2 Å².